The van der Waals surface area contributed by atoms with Crippen molar-refractivity contribution in [2.45, 2.75) is 25.2 Å². The Bertz CT molecular complexity index is 780. The third-order valence-electron chi connectivity index (χ3n) is 4.41. The molecule has 2 aromatic carbocycles. The average molecular weight is 383 g/mol. The molecule has 1 fully saturated rings. The zero-order valence-corrected chi connectivity index (χ0v) is 14.6. The van der Waals surface area contributed by atoms with Crippen molar-refractivity contribution < 1.29 is 18.0 Å². The molecule has 7 heteroatoms. The molecule has 1 amide bonds. The van der Waals surface area contributed by atoms with E-state index >= 15 is 0 Å². The SMILES string of the molecule is O=C(NC1CCN(Cc2ccccc2)C1)c1cccc(C(F)(F)F)c1Cl. The molecule has 1 atom stereocenters. The fourth-order valence-corrected chi connectivity index (χ4v) is 3.44. The third kappa shape index (κ3) is 4.37. The Morgan fingerprint density at radius 1 is 1.15 bits per heavy atom. The van der Waals surface area contributed by atoms with Crippen molar-refractivity contribution in [2.24, 2.45) is 0 Å². The van der Waals surface area contributed by atoms with Gasteiger partial charge >= 0.3 is 6.18 Å². The molecular weight excluding hydrogens is 365 g/mol. The minimum Gasteiger partial charge on any atom is -0.348 e. The summed E-state index contributed by atoms with van der Waals surface area (Å²) < 4.78 is 38.8. The lowest BCUT2D eigenvalue weighted by atomic mass is 10.1. The molecule has 1 aliphatic heterocycles. The first kappa shape index (κ1) is 18.7. The van der Waals surface area contributed by atoms with Crippen LogP contribution in [0.15, 0.2) is 48.5 Å². The van der Waals surface area contributed by atoms with Crippen molar-refractivity contribution in [3.63, 3.8) is 0 Å². The number of rotatable bonds is 4. The Morgan fingerprint density at radius 2 is 1.88 bits per heavy atom. The molecule has 1 heterocycles. The van der Waals surface area contributed by atoms with Crippen LogP contribution in [0.4, 0.5) is 13.2 Å². The van der Waals surface area contributed by atoms with Gasteiger partial charge in [0.05, 0.1) is 16.1 Å². The smallest absolute Gasteiger partial charge is 0.348 e. The predicted octanol–water partition coefficient (Wildman–Crippen LogP) is 4.36. The highest BCUT2D eigenvalue weighted by molar-refractivity contribution is 6.34. The third-order valence-corrected chi connectivity index (χ3v) is 4.81. The maximum atomic E-state index is 12.9. The summed E-state index contributed by atoms with van der Waals surface area (Å²) in [5.74, 6) is -0.576. The van der Waals surface area contributed by atoms with E-state index in [-0.39, 0.29) is 11.6 Å². The van der Waals surface area contributed by atoms with Gasteiger partial charge < -0.3 is 5.32 Å². The van der Waals surface area contributed by atoms with Gasteiger partial charge in [0.1, 0.15) is 0 Å². The van der Waals surface area contributed by atoms with Gasteiger partial charge in [-0.1, -0.05) is 48.0 Å². The topological polar surface area (TPSA) is 32.3 Å². The molecule has 3 nitrogen and oxygen atoms in total. The van der Waals surface area contributed by atoms with Crippen LogP contribution in [0.25, 0.3) is 0 Å². The van der Waals surface area contributed by atoms with E-state index < -0.39 is 22.7 Å². The van der Waals surface area contributed by atoms with E-state index in [2.05, 4.69) is 10.2 Å². The van der Waals surface area contributed by atoms with Gasteiger partial charge in [-0.2, -0.15) is 13.2 Å². The number of nitrogens with zero attached hydrogens (tertiary/aromatic N) is 1. The van der Waals surface area contributed by atoms with Crippen LogP contribution in [-0.2, 0) is 12.7 Å². The van der Waals surface area contributed by atoms with Crippen LogP contribution in [0, 0.1) is 0 Å². The molecule has 0 aliphatic carbocycles. The first-order chi connectivity index (χ1) is 12.3. The minimum absolute atomic E-state index is 0.114. The summed E-state index contributed by atoms with van der Waals surface area (Å²) in [6.07, 6.45) is -3.84. The van der Waals surface area contributed by atoms with Gasteiger partial charge in [0.2, 0.25) is 0 Å². The first-order valence-corrected chi connectivity index (χ1v) is 8.65. The number of hydrogen-bond donors (Lipinski definition) is 1. The molecule has 1 saturated heterocycles. The molecular formula is C19H18ClF3N2O. The molecule has 0 radical (unpaired) electrons. The average Bonchev–Trinajstić information content (AvgIpc) is 3.01. The summed E-state index contributed by atoms with van der Waals surface area (Å²) in [5, 5.41) is 2.24. The van der Waals surface area contributed by atoms with E-state index in [1.807, 2.05) is 30.3 Å². The molecule has 0 spiro atoms. The number of benzene rings is 2. The number of carbonyl (C=O) groups excluding carboxylic acids is 1. The molecule has 1 aliphatic rings. The first-order valence-electron chi connectivity index (χ1n) is 8.27. The van der Waals surface area contributed by atoms with Crippen LogP contribution in [-0.4, -0.2) is 29.9 Å². The van der Waals surface area contributed by atoms with Gasteiger partial charge in [-0.15, -0.1) is 0 Å². The lowest BCUT2D eigenvalue weighted by Crippen LogP contribution is -2.37. The Labute approximate surface area is 154 Å². The van der Waals surface area contributed by atoms with Gasteiger partial charge in [-0.05, 0) is 24.1 Å². The molecule has 0 saturated carbocycles. The quantitative estimate of drug-likeness (QED) is 0.852. The van der Waals surface area contributed by atoms with Crippen LogP contribution in [0.1, 0.15) is 27.9 Å². The zero-order valence-electron chi connectivity index (χ0n) is 13.9. The monoisotopic (exact) mass is 382 g/mol. The Morgan fingerprint density at radius 3 is 2.58 bits per heavy atom. The van der Waals surface area contributed by atoms with Crippen molar-refractivity contribution in [1.29, 1.82) is 0 Å². The molecule has 138 valence electrons. The number of alkyl halides is 3. The summed E-state index contributed by atoms with van der Waals surface area (Å²) in [5.41, 5.74) is 0.0346. The number of carbonyl (C=O) groups is 1. The van der Waals surface area contributed by atoms with Crippen molar-refractivity contribution in [2.75, 3.05) is 13.1 Å². The lowest BCUT2D eigenvalue weighted by Gasteiger charge is -2.17. The molecule has 3 rings (SSSR count). The van der Waals surface area contributed by atoms with Gasteiger partial charge in [0.15, 0.2) is 0 Å². The van der Waals surface area contributed by atoms with E-state index in [0.717, 1.165) is 25.6 Å². The Kier molecular flexibility index (Phi) is 5.53. The summed E-state index contributed by atoms with van der Waals surface area (Å²) in [6.45, 7) is 2.24. The van der Waals surface area contributed by atoms with E-state index in [9.17, 15) is 18.0 Å². The second-order valence-corrected chi connectivity index (χ2v) is 6.72. The number of hydrogen-bond acceptors (Lipinski definition) is 2. The normalized spacial score (nSPS) is 18.1. The number of halogens is 4. The second-order valence-electron chi connectivity index (χ2n) is 6.34. The number of amides is 1. The van der Waals surface area contributed by atoms with Gasteiger partial charge in [0, 0.05) is 25.7 Å². The highest BCUT2D eigenvalue weighted by Gasteiger charge is 2.35. The Hall–Kier alpha value is -2.05. The number of nitrogens with one attached hydrogen (secondary N) is 1. The maximum absolute atomic E-state index is 12.9. The molecule has 0 bridgehead atoms. The molecule has 1 N–H and O–H groups in total. The second kappa shape index (κ2) is 7.68. The van der Waals surface area contributed by atoms with Crippen LogP contribution >= 0.6 is 11.6 Å². The van der Waals surface area contributed by atoms with Gasteiger partial charge in [0.25, 0.3) is 5.91 Å². The highest BCUT2D eigenvalue weighted by atomic mass is 35.5. The van der Waals surface area contributed by atoms with Crippen molar-refractivity contribution >= 4 is 17.5 Å². The molecule has 26 heavy (non-hydrogen) atoms. The number of likely N-dealkylation sites (tertiary alicyclic amines) is 1. The largest absolute Gasteiger partial charge is 0.417 e. The van der Waals surface area contributed by atoms with Gasteiger partial charge in [-0.25, -0.2) is 0 Å². The maximum Gasteiger partial charge on any atom is 0.417 e. The molecule has 1 unspecified atom stereocenters. The van der Waals surface area contributed by atoms with E-state index in [4.69, 9.17) is 11.6 Å². The van der Waals surface area contributed by atoms with Crippen LogP contribution in [0.2, 0.25) is 5.02 Å². The van der Waals surface area contributed by atoms with Gasteiger partial charge in [-0.3, -0.25) is 9.69 Å². The highest BCUT2D eigenvalue weighted by Crippen LogP contribution is 2.36. The van der Waals surface area contributed by atoms with Crippen LogP contribution in [0.5, 0.6) is 0 Å². The van der Waals surface area contributed by atoms with Crippen molar-refractivity contribution in [3.05, 3.63) is 70.2 Å². The minimum atomic E-state index is -4.59. The fourth-order valence-electron chi connectivity index (χ4n) is 3.13. The lowest BCUT2D eigenvalue weighted by molar-refractivity contribution is -0.137. The predicted molar refractivity (Wildman–Crippen MR) is 94.0 cm³/mol. The summed E-state index contributed by atoms with van der Waals surface area (Å²) in [7, 11) is 0. The Balaban J connectivity index is 1.63. The fraction of sp³-hybridized carbons (Fsp3) is 0.316. The van der Waals surface area contributed by atoms with E-state index in [1.165, 1.54) is 17.7 Å². The molecule has 2 aromatic rings. The summed E-state index contributed by atoms with van der Waals surface area (Å²) in [6, 6.07) is 13.2. The van der Waals surface area contributed by atoms with Crippen molar-refractivity contribution in [1.82, 2.24) is 10.2 Å². The van der Waals surface area contributed by atoms with E-state index in [0.29, 0.717) is 6.54 Å². The van der Waals surface area contributed by atoms with Crippen LogP contribution in [0.3, 0.4) is 0 Å². The standard InChI is InChI=1S/C19H18ClF3N2O/c20-17-15(7-4-8-16(17)19(21,22)23)18(26)24-14-9-10-25(12-14)11-13-5-2-1-3-6-13/h1-8,14H,9-12H2,(H,24,26). The van der Waals surface area contributed by atoms with Crippen LogP contribution < -0.4 is 5.32 Å². The summed E-state index contributed by atoms with van der Waals surface area (Å²) in [4.78, 5) is 14.6. The summed E-state index contributed by atoms with van der Waals surface area (Å²) >= 11 is 5.82. The molecule has 0 aromatic heterocycles. The zero-order chi connectivity index (χ0) is 18.7. The van der Waals surface area contributed by atoms with Crippen molar-refractivity contribution in [3.8, 4) is 0 Å². The van der Waals surface area contributed by atoms with E-state index in [1.54, 1.807) is 0 Å².